The van der Waals surface area contributed by atoms with Crippen LogP contribution < -0.4 is 14.2 Å². The van der Waals surface area contributed by atoms with Crippen LogP contribution in [-0.2, 0) is 24.6 Å². The van der Waals surface area contributed by atoms with E-state index in [-0.39, 0.29) is 13.2 Å². The molecule has 0 fully saturated rings. The molecule has 0 aliphatic carbocycles. The molecule has 10 nitrogen and oxygen atoms in total. The van der Waals surface area contributed by atoms with E-state index in [2.05, 4.69) is 10.1 Å². The Hall–Kier alpha value is -5.25. The molecule has 0 aliphatic heterocycles. The zero-order chi connectivity index (χ0) is 27.9. The van der Waals surface area contributed by atoms with Gasteiger partial charge in [0.05, 0.1) is 25.5 Å². The van der Waals surface area contributed by atoms with Crippen LogP contribution in [0.2, 0.25) is 0 Å². The zero-order valence-corrected chi connectivity index (χ0v) is 21.9. The van der Waals surface area contributed by atoms with Crippen molar-refractivity contribution in [2.24, 2.45) is 0 Å². The molecular weight excluding hydrogens is 514 g/mol. The summed E-state index contributed by atoms with van der Waals surface area (Å²) in [6.07, 6.45) is 5.83. The highest BCUT2D eigenvalue weighted by atomic mass is 16.5. The Bertz CT molecular complexity index is 1600. The monoisotopic (exact) mass is 541 g/mol. The lowest BCUT2D eigenvalue weighted by Crippen LogP contribution is -2.03. The summed E-state index contributed by atoms with van der Waals surface area (Å²) >= 11 is 0. The molecule has 3 heterocycles. The fourth-order valence-electron chi connectivity index (χ4n) is 3.94. The van der Waals surface area contributed by atoms with E-state index < -0.39 is 5.97 Å². The van der Waals surface area contributed by atoms with Crippen LogP contribution in [0.1, 0.15) is 28.1 Å². The summed E-state index contributed by atoms with van der Waals surface area (Å²) in [6.45, 7) is 2.70. The van der Waals surface area contributed by atoms with Crippen LogP contribution in [0.15, 0.2) is 88.0 Å². The number of methoxy groups -OCH3 is 1. The Balaban J connectivity index is 1.27. The molecule has 0 saturated heterocycles. The number of rotatable bonds is 12. The number of carbonyl (C=O) groups is 1. The number of hydrogen-bond donors (Lipinski definition) is 1. The van der Waals surface area contributed by atoms with E-state index in [0.29, 0.717) is 52.6 Å². The molecule has 0 bridgehead atoms. The second kappa shape index (κ2) is 12.1. The molecule has 1 N–H and O–H groups in total. The third-order valence-electron chi connectivity index (χ3n) is 5.94. The Labute approximate surface area is 230 Å². The number of benzene rings is 2. The van der Waals surface area contributed by atoms with E-state index in [0.717, 1.165) is 17.2 Å². The Kier molecular flexibility index (Phi) is 7.96. The molecule has 0 saturated carbocycles. The van der Waals surface area contributed by atoms with Gasteiger partial charge in [-0.3, -0.25) is 4.68 Å². The minimum atomic E-state index is -1.06. The van der Waals surface area contributed by atoms with E-state index in [9.17, 15) is 4.79 Å². The fraction of sp³-hybridized carbons (Fsp3) is 0.167. The van der Waals surface area contributed by atoms with Crippen molar-refractivity contribution >= 4 is 12.0 Å². The summed E-state index contributed by atoms with van der Waals surface area (Å²) in [5.74, 6) is 1.89. The molecule has 2 aromatic carbocycles. The number of ether oxygens (including phenoxy) is 3. The predicted octanol–water partition coefficient (Wildman–Crippen LogP) is 5.75. The molecule has 0 spiro atoms. The molecular formula is C30H27N3O7. The van der Waals surface area contributed by atoms with Gasteiger partial charge >= 0.3 is 5.97 Å². The summed E-state index contributed by atoms with van der Waals surface area (Å²) in [4.78, 5) is 15.6. The number of carboxylic acid groups (broad SMARTS) is 1. The first-order valence-corrected chi connectivity index (χ1v) is 12.4. The maximum absolute atomic E-state index is 11.1. The van der Waals surface area contributed by atoms with E-state index >= 15 is 0 Å². The van der Waals surface area contributed by atoms with Crippen molar-refractivity contribution in [2.75, 3.05) is 7.11 Å². The highest BCUT2D eigenvalue weighted by Crippen LogP contribution is 2.31. The normalized spacial score (nSPS) is 11.2. The van der Waals surface area contributed by atoms with Gasteiger partial charge in [-0.2, -0.15) is 0 Å². The first-order chi connectivity index (χ1) is 19.5. The van der Waals surface area contributed by atoms with Crippen molar-refractivity contribution in [1.82, 2.24) is 14.8 Å². The van der Waals surface area contributed by atoms with Gasteiger partial charge in [-0.25, -0.2) is 9.78 Å². The maximum Gasteiger partial charge on any atom is 0.328 e. The van der Waals surface area contributed by atoms with Gasteiger partial charge in [-0.05, 0) is 48.4 Å². The van der Waals surface area contributed by atoms with Crippen molar-refractivity contribution < 1.29 is 32.9 Å². The van der Waals surface area contributed by atoms with Crippen molar-refractivity contribution in [3.05, 3.63) is 107 Å². The second-order valence-electron chi connectivity index (χ2n) is 8.81. The maximum atomic E-state index is 11.1. The molecule has 0 amide bonds. The van der Waals surface area contributed by atoms with Gasteiger partial charge in [0.1, 0.15) is 24.7 Å². The largest absolute Gasteiger partial charge is 0.493 e. The van der Waals surface area contributed by atoms with Gasteiger partial charge in [0.25, 0.3) is 5.89 Å². The van der Waals surface area contributed by atoms with Crippen LogP contribution in [0, 0.1) is 6.92 Å². The lowest BCUT2D eigenvalue weighted by molar-refractivity contribution is -0.131. The topological polar surface area (TPSA) is 122 Å². The molecule has 5 aromatic rings. The molecule has 0 aliphatic rings. The fourth-order valence-corrected chi connectivity index (χ4v) is 3.94. The van der Waals surface area contributed by atoms with Gasteiger partial charge in [-0.15, -0.1) is 5.10 Å². The quantitative estimate of drug-likeness (QED) is 0.197. The molecule has 5 rings (SSSR count). The minimum absolute atomic E-state index is 0.181. The van der Waals surface area contributed by atoms with E-state index in [1.54, 1.807) is 42.5 Å². The highest BCUT2D eigenvalue weighted by Gasteiger charge is 2.16. The van der Waals surface area contributed by atoms with Gasteiger partial charge < -0.3 is 28.2 Å². The molecule has 40 heavy (non-hydrogen) atoms. The van der Waals surface area contributed by atoms with Crippen LogP contribution >= 0.6 is 0 Å². The van der Waals surface area contributed by atoms with E-state index in [1.165, 1.54) is 6.08 Å². The number of aliphatic carboxylic acids is 1. The first kappa shape index (κ1) is 26.4. The Morgan fingerprint density at radius 2 is 1.88 bits per heavy atom. The molecule has 0 radical (unpaired) electrons. The second-order valence-corrected chi connectivity index (χ2v) is 8.81. The van der Waals surface area contributed by atoms with E-state index in [4.69, 9.17) is 28.2 Å². The SMILES string of the molecule is COc1cc(COc2nn(Cc3ccccc3)cc2C=CC(=O)O)ccc1OCc1nc(-c2ccco2)oc1C. The number of nitrogens with zero attached hydrogens (tertiary/aromatic N) is 3. The van der Waals surface area contributed by atoms with Crippen LogP contribution in [-0.4, -0.2) is 33.0 Å². The number of oxazole rings is 1. The summed E-state index contributed by atoms with van der Waals surface area (Å²) in [5.41, 5.74) is 3.08. The van der Waals surface area contributed by atoms with Crippen LogP contribution in [0.3, 0.4) is 0 Å². The van der Waals surface area contributed by atoms with Gasteiger partial charge in [-0.1, -0.05) is 36.4 Å². The average Bonchev–Trinajstić information content (AvgIpc) is 3.71. The predicted molar refractivity (Wildman–Crippen MR) is 145 cm³/mol. The van der Waals surface area contributed by atoms with Crippen molar-refractivity contribution in [3.8, 4) is 29.0 Å². The zero-order valence-electron chi connectivity index (χ0n) is 21.9. The molecule has 0 unspecified atom stereocenters. The molecule has 204 valence electrons. The number of aryl methyl sites for hydroxylation is 1. The standard InChI is InChI=1S/C30H27N3O7/c1-20-24(31-30(40-20)26-9-6-14-37-26)19-38-25-12-10-22(15-27(25)36-2)18-39-29-23(11-13-28(34)35)17-33(32-29)16-21-7-4-3-5-8-21/h3-15,17H,16,18-19H2,1-2H3,(H,34,35). The Morgan fingerprint density at radius 1 is 1.02 bits per heavy atom. The van der Waals surface area contributed by atoms with Crippen molar-refractivity contribution in [1.29, 1.82) is 0 Å². The van der Waals surface area contributed by atoms with Crippen LogP contribution in [0.25, 0.3) is 17.7 Å². The highest BCUT2D eigenvalue weighted by molar-refractivity contribution is 5.85. The Morgan fingerprint density at radius 3 is 2.62 bits per heavy atom. The van der Waals surface area contributed by atoms with Crippen molar-refractivity contribution in [3.63, 3.8) is 0 Å². The van der Waals surface area contributed by atoms with Crippen molar-refractivity contribution in [2.45, 2.75) is 26.7 Å². The van der Waals surface area contributed by atoms with Gasteiger partial charge in [0.15, 0.2) is 17.3 Å². The van der Waals surface area contributed by atoms with Gasteiger partial charge in [0, 0.05) is 12.3 Å². The summed E-state index contributed by atoms with van der Waals surface area (Å²) < 4.78 is 30.3. The average molecular weight is 542 g/mol. The van der Waals surface area contributed by atoms with E-state index in [1.807, 2.05) is 49.4 Å². The number of hydrogen-bond acceptors (Lipinski definition) is 8. The first-order valence-electron chi connectivity index (χ1n) is 12.4. The molecule has 0 atom stereocenters. The third-order valence-corrected chi connectivity index (χ3v) is 5.94. The summed E-state index contributed by atoms with van der Waals surface area (Å²) in [5, 5.41) is 13.6. The lowest BCUT2D eigenvalue weighted by Gasteiger charge is -2.12. The smallest absolute Gasteiger partial charge is 0.328 e. The molecule has 3 aromatic heterocycles. The van der Waals surface area contributed by atoms with Crippen LogP contribution in [0.4, 0.5) is 0 Å². The summed E-state index contributed by atoms with van der Waals surface area (Å²) in [6, 6.07) is 18.8. The van der Waals surface area contributed by atoms with Crippen LogP contribution in [0.5, 0.6) is 17.4 Å². The third kappa shape index (κ3) is 6.41. The number of aromatic nitrogens is 3. The van der Waals surface area contributed by atoms with Gasteiger partial charge in [0.2, 0.25) is 5.88 Å². The number of carboxylic acids is 1. The molecule has 10 heteroatoms. The lowest BCUT2D eigenvalue weighted by atomic mass is 10.2. The number of furan rings is 1. The summed E-state index contributed by atoms with van der Waals surface area (Å²) in [7, 11) is 1.56. The minimum Gasteiger partial charge on any atom is -0.493 e.